The van der Waals surface area contributed by atoms with Gasteiger partial charge in [-0.3, -0.25) is 24.6 Å². The second-order valence-corrected chi connectivity index (χ2v) is 15.9. The first-order valence-electron chi connectivity index (χ1n) is 20.0. The Bertz CT molecular complexity index is 2130. The molecule has 3 amide bonds. The van der Waals surface area contributed by atoms with Gasteiger partial charge < -0.3 is 24.2 Å². The Kier molecular flexibility index (Phi) is 9.87. The number of imide groups is 1. The maximum absolute atomic E-state index is 16.1. The van der Waals surface area contributed by atoms with Gasteiger partial charge in [-0.25, -0.2) is 4.39 Å². The van der Waals surface area contributed by atoms with Crippen LogP contribution in [0, 0.1) is 11.7 Å². The number of piperidine rings is 2. The van der Waals surface area contributed by atoms with Gasteiger partial charge in [-0.15, -0.1) is 0 Å². The third kappa shape index (κ3) is 6.97. The van der Waals surface area contributed by atoms with Crippen molar-refractivity contribution in [2.75, 3.05) is 69.3 Å². The summed E-state index contributed by atoms with van der Waals surface area (Å²) >= 11 is 0. The van der Waals surface area contributed by atoms with Gasteiger partial charge in [0, 0.05) is 93.5 Å². The lowest BCUT2D eigenvalue weighted by atomic mass is 9.76. The molecular weight excluding hydrogens is 710 g/mol. The highest BCUT2D eigenvalue weighted by atomic mass is 19.1. The van der Waals surface area contributed by atoms with E-state index >= 15 is 4.39 Å². The topological polar surface area (TPSA) is 94.7 Å². The molecule has 5 aliphatic rings. The number of carbonyl (C=O) groups is 3. The van der Waals surface area contributed by atoms with E-state index in [0.29, 0.717) is 36.7 Å². The molecule has 5 aliphatic heterocycles. The molecule has 3 saturated heterocycles. The molecule has 3 atom stereocenters. The summed E-state index contributed by atoms with van der Waals surface area (Å²) in [5.74, 6) is 1.11. The van der Waals surface area contributed by atoms with Crippen molar-refractivity contribution in [1.29, 1.82) is 0 Å². The Morgan fingerprint density at radius 1 is 0.821 bits per heavy atom. The minimum Gasteiger partial charge on any atom is -0.497 e. The number of halogens is 1. The van der Waals surface area contributed by atoms with Crippen LogP contribution < -0.4 is 24.6 Å². The lowest BCUT2D eigenvalue weighted by Gasteiger charge is -2.40. The van der Waals surface area contributed by atoms with Crippen LogP contribution in [0.1, 0.15) is 70.1 Å². The van der Waals surface area contributed by atoms with Gasteiger partial charge in [0.05, 0.1) is 19.4 Å². The Balaban J connectivity index is 0.798. The van der Waals surface area contributed by atoms with Crippen molar-refractivity contribution in [2.24, 2.45) is 5.92 Å². The number of amides is 3. The molecule has 0 aliphatic carbocycles. The number of carbonyl (C=O) groups excluding carboxylic acids is 3. The zero-order valence-electron chi connectivity index (χ0n) is 31.8. The summed E-state index contributed by atoms with van der Waals surface area (Å²) < 4.78 is 27.9. The number of hydrogen-bond donors (Lipinski definition) is 1. The van der Waals surface area contributed by atoms with E-state index < -0.39 is 6.04 Å². The minimum absolute atomic E-state index is 0.0518. The number of rotatable bonds is 8. The standard InChI is InChI=1S/C45H48FN5O5/c1-55-34-9-11-36-41(25-34)56-28-37(30-5-3-2-4-6-30)43(36)31-7-12-39(38(46)24-31)50-17-15-29(16-18-50)26-48-19-21-49(22-20-48)33-8-10-35-32(23-33)27-51(45(35)54)40-13-14-42(52)47-44(40)53/h2-12,23-25,29,37,40,43H,13-22,26-28H2,1H3,(H,47,52,53)/t37-,40?,43-/m1/s1. The van der Waals surface area contributed by atoms with Crippen molar-refractivity contribution in [2.45, 2.75) is 50.1 Å². The molecule has 0 aromatic heterocycles. The summed E-state index contributed by atoms with van der Waals surface area (Å²) in [6.45, 7) is 7.31. The molecule has 0 spiro atoms. The number of nitrogens with zero attached hydrogens (tertiary/aromatic N) is 4. The minimum atomic E-state index is -0.606. The molecule has 0 bridgehead atoms. The number of fused-ring (bicyclic) bond motifs is 2. The first kappa shape index (κ1) is 36.2. The summed E-state index contributed by atoms with van der Waals surface area (Å²) in [4.78, 5) is 46.0. The predicted octanol–water partition coefficient (Wildman–Crippen LogP) is 5.94. The largest absolute Gasteiger partial charge is 0.497 e. The van der Waals surface area contributed by atoms with Gasteiger partial charge in [0.25, 0.3) is 5.91 Å². The monoisotopic (exact) mass is 757 g/mol. The second-order valence-electron chi connectivity index (χ2n) is 15.9. The first-order chi connectivity index (χ1) is 27.3. The molecule has 10 nitrogen and oxygen atoms in total. The van der Waals surface area contributed by atoms with Crippen molar-refractivity contribution >= 4 is 29.1 Å². The average molecular weight is 758 g/mol. The lowest BCUT2D eigenvalue weighted by molar-refractivity contribution is -0.136. The van der Waals surface area contributed by atoms with Gasteiger partial charge in [-0.05, 0) is 78.3 Å². The molecule has 56 heavy (non-hydrogen) atoms. The number of nitrogens with one attached hydrogen (secondary N) is 1. The molecular formula is C45H48FN5O5. The van der Waals surface area contributed by atoms with Crippen molar-refractivity contribution in [3.05, 3.63) is 119 Å². The van der Waals surface area contributed by atoms with E-state index in [4.69, 9.17) is 9.47 Å². The van der Waals surface area contributed by atoms with E-state index in [1.165, 1.54) is 5.56 Å². The van der Waals surface area contributed by atoms with Crippen molar-refractivity contribution in [1.82, 2.24) is 15.1 Å². The van der Waals surface area contributed by atoms with Crippen LogP contribution >= 0.6 is 0 Å². The molecule has 4 aromatic rings. The van der Waals surface area contributed by atoms with Crippen LogP contribution in [0.15, 0.2) is 84.9 Å². The van der Waals surface area contributed by atoms with E-state index in [9.17, 15) is 14.4 Å². The van der Waals surface area contributed by atoms with Crippen LogP contribution in [-0.4, -0.2) is 93.1 Å². The molecule has 5 heterocycles. The Morgan fingerprint density at radius 2 is 1.62 bits per heavy atom. The van der Waals surface area contributed by atoms with Crippen LogP contribution in [0.2, 0.25) is 0 Å². The average Bonchev–Trinajstić information content (AvgIpc) is 3.55. The summed E-state index contributed by atoms with van der Waals surface area (Å²) in [6, 6.07) is 27.5. The zero-order chi connectivity index (χ0) is 38.3. The van der Waals surface area contributed by atoms with Gasteiger partial charge in [0.2, 0.25) is 11.8 Å². The van der Waals surface area contributed by atoms with E-state index in [1.54, 1.807) is 18.1 Å². The molecule has 3 fully saturated rings. The van der Waals surface area contributed by atoms with E-state index in [2.05, 4.69) is 50.3 Å². The zero-order valence-corrected chi connectivity index (χ0v) is 31.8. The third-order valence-electron chi connectivity index (χ3n) is 12.7. The predicted molar refractivity (Wildman–Crippen MR) is 212 cm³/mol. The Hall–Kier alpha value is -5.42. The number of hydrogen-bond acceptors (Lipinski definition) is 8. The third-order valence-corrected chi connectivity index (χ3v) is 12.7. The quantitative estimate of drug-likeness (QED) is 0.221. The van der Waals surface area contributed by atoms with Crippen molar-refractivity contribution in [3.63, 3.8) is 0 Å². The highest BCUT2D eigenvalue weighted by Gasteiger charge is 2.40. The van der Waals surface area contributed by atoms with E-state index in [0.717, 1.165) is 92.5 Å². The lowest BCUT2D eigenvalue weighted by Crippen LogP contribution is -2.52. The van der Waals surface area contributed by atoms with Crippen LogP contribution in [-0.2, 0) is 16.1 Å². The fraction of sp³-hybridized carbons (Fsp3) is 0.400. The molecule has 11 heteroatoms. The fourth-order valence-corrected chi connectivity index (χ4v) is 9.56. The summed E-state index contributed by atoms with van der Waals surface area (Å²) in [5.41, 5.74) is 6.52. The molecule has 4 aromatic carbocycles. The van der Waals surface area contributed by atoms with Crippen molar-refractivity contribution in [3.8, 4) is 11.5 Å². The van der Waals surface area contributed by atoms with Gasteiger partial charge in [-0.1, -0.05) is 42.5 Å². The van der Waals surface area contributed by atoms with Crippen LogP contribution in [0.25, 0.3) is 0 Å². The van der Waals surface area contributed by atoms with Crippen LogP contribution in [0.3, 0.4) is 0 Å². The summed E-state index contributed by atoms with van der Waals surface area (Å²) in [6.07, 6.45) is 2.66. The maximum atomic E-state index is 16.1. The van der Waals surface area contributed by atoms with Gasteiger partial charge in [0.15, 0.2) is 0 Å². The SMILES string of the molecule is COc1ccc2c(c1)OC[C@H](c1ccccc1)[C@@H]2c1ccc(N2CCC(CN3CCN(c4ccc5c(c4)CN(C4CCC(=O)NC4=O)C5=O)CC3)CC2)c(F)c1. The molecule has 1 N–H and O–H groups in total. The van der Waals surface area contributed by atoms with Gasteiger partial charge >= 0.3 is 0 Å². The summed E-state index contributed by atoms with van der Waals surface area (Å²) in [7, 11) is 1.65. The number of piperazine rings is 1. The summed E-state index contributed by atoms with van der Waals surface area (Å²) in [5, 5.41) is 2.38. The highest BCUT2D eigenvalue weighted by Crippen LogP contribution is 2.47. The number of methoxy groups -OCH3 is 1. The molecule has 290 valence electrons. The molecule has 0 saturated carbocycles. The smallest absolute Gasteiger partial charge is 0.255 e. The maximum Gasteiger partial charge on any atom is 0.255 e. The Labute approximate surface area is 327 Å². The molecule has 1 unspecified atom stereocenters. The number of anilines is 2. The van der Waals surface area contributed by atoms with Crippen LogP contribution in [0.5, 0.6) is 11.5 Å². The first-order valence-corrected chi connectivity index (χ1v) is 20.0. The normalized spacial score (nSPS) is 23.1. The number of ether oxygens (including phenoxy) is 2. The molecule has 0 radical (unpaired) electrons. The van der Waals surface area contributed by atoms with Crippen LogP contribution in [0.4, 0.5) is 15.8 Å². The van der Waals surface area contributed by atoms with E-state index in [-0.39, 0.29) is 41.8 Å². The van der Waals surface area contributed by atoms with Crippen molar-refractivity contribution < 1.29 is 28.2 Å². The second kappa shape index (κ2) is 15.3. The fourth-order valence-electron chi connectivity index (χ4n) is 9.56. The van der Waals surface area contributed by atoms with Gasteiger partial charge in [-0.2, -0.15) is 0 Å². The molecule has 9 rings (SSSR count). The number of benzene rings is 4. The Morgan fingerprint density at radius 3 is 2.38 bits per heavy atom. The highest BCUT2D eigenvalue weighted by molar-refractivity contribution is 6.05. The van der Waals surface area contributed by atoms with E-state index in [1.807, 2.05) is 48.5 Å². The van der Waals surface area contributed by atoms with Gasteiger partial charge in [0.1, 0.15) is 23.4 Å².